The SMILES string of the molecule is CC=O.Clc1cc(Cl)cc(Cn2ccnc2COc2cccc(N3CCCCC3)n2)c1. The van der Waals surface area contributed by atoms with E-state index < -0.39 is 0 Å². The predicted octanol–water partition coefficient (Wildman–Crippen LogP) is 5.41. The highest BCUT2D eigenvalue weighted by atomic mass is 35.5. The van der Waals surface area contributed by atoms with Crippen molar-refractivity contribution < 1.29 is 9.53 Å². The Kier molecular flexibility index (Phi) is 8.74. The number of halogens is 2. The van der Waals surface area contributed by atoms with Gasteiger partial charge in [-0.25, -0.2) is 4.98 Å². The van der Waals surface area contributed by atoms with Gasteiger partial charge in [0.1, 0.15) is 24.5 Å². The standard InChI is InChI=1S/C21H22Cl2N4O.C2H4O/c22-17-11-16(12-18(23)13-17)14-27-10-7-24-20(27)15-28-21-6-4-5-19(25-21)26-8-2-1-3-9-26;1-2-3/h4-7,10-13H,1-3,8-9,14-15H2;2H,1H3. The van der Waals surface area contributed by atoms with Gasteiger partial charge in [0.2, 0.25) is 5.88 Å². The number of ether oxygens (including phenoxy) is 1. The topological polar surface area (TPSA) is 60.3 Å². The fraction of sp³-hybridized carbons (Fsp3) is 0.348. The van der Waals surface area contributed by atoms with Gasteiger partial charge in [0, 0.05) is 48.1 Å². The molecule has 0 atom stereocenters. The number of pyridine rings is 1. The molecule has 1 saturated heterocycles. The fourth-order valence-corrected chi connectivity index (χ4v) is 4.02. The van der Waals surface area contributed by atoms with Crippen LogP contribution in [0.2, 0.25) is 10.0 Å². The monoisotopic (exact) mass is 460 g/mol. The molecule has 0 amide bonds. The highest BCUT2D eigenvalue weighted by Crippen LogP contribution is 2.22. The molecule has 0 saturated carbocycles. The summed E-state index contributed by atoms with van der Waals surface area (Å²) in [6.07, 6.45) is 8.18. The first-order chi connectivity index (χ1) is 15.1. The Morgan fingerprint density at radius 2 is 1.81 bits per heavy atom. The van der Waals surface area contributed by atoms with Crippen molar-refractivity contribution in [3.63, 3.8) is 0 Å². The van der Waals surface area contributed by atoms with Gasteiger partial charge in [-0.05, 0) is 56.0 Å². The summed E-state index contributed by atoms with van der Waals surface area (Å²) in [5, 5.41) is 1.25. The Morgan fingerprint density at radius 1 is 1.10 bits per heavy atom. The van der Waals surface area contributed by atoms with Crippen LogP contribution >= 0.6 is 23.2 Å². The lowest BCUT2D eigenvalue weighted by molar-refractivity contribution is -0.106. The summed E-state index contributed by atoms with van der Waals surface area (Å²) in [7, 11) is 0. The van der Waals surface area contributed by atoms with Gasteiger partial charge < -0.3 is 19.0 Å². The zero-order chi connectivity index (χ0) is 22.1. The summed E-state index contributed by atoms with van der Waals surface area (Å²) in [4.78, 5) is 20.2. The average molecular weight is 461 g/mol. The van der Waals surface area contributed by atoms with Gasteiger partial charge >= 0.3 is 0 Å². The third kappa shape index (κ3) is 6.97. The van der Waals surface area contributed by atoms with Crippen LogP contribution in [0.1, 0.15) is 37.6 Å². The molecule has 3 aromatic rings. The number of carbonyl (C=O) groups excluding carboxylic acids is 1. The number of hydrogen-bond donors (Lipinski definition) is 0. The highest BCUT2D eigenvalue weighted by Gasteiger charge is 2.13. The molecule has 4 rings (SSSR count). The van der Waals surface area contributed by atoms with Crippen molar-refractivity contribution >= 4 is 35.3 Å². The van der Waals surface area contributed by atoms with Gasteiger partial charge in [0.15, 0.2) is 0 Å². The molecular formula is C23H26Cl2N4O2. The molecule has 1 aliphatic heterocycles. The largest absolute Gasteiger partial charge is 0.469 e. The molecule has 0 bridgehead atoms. The van der Waals surface area contributed by atoms with E-state index in [1.165, 1.54) is 26.2 Å². The second kappa shape index (κ2) is 11.7. The molecule has 1 aliphatic rings. The van der Waals surface area contributed by atoms with E-state index in [0.717, 1.165) is 36.6 Å². The minimum absolute atomic E-state index is 0.345. The third-order valence-electron chi connectivity index (χ3n) is 4.82. The maximum atomic E-state index is 8.81. The van der Waals surface area contributed by atoms with E-state index in [1.54, 1.807) is 12.3 Å². The zero-order valence-electron chi connectivity index (χ0n) is 17.5. The molecule has 0 spiro atoms. The van der Waals surface area contributed by atoms with E-state index in [0.29, 0.717) is 29.1 Å². The summed E-state index contributed by atoms with van der Waals surface area (Å²) < 4.78 is 7.96. The number of rotatable bonds is 6. The summed E-state index contributed by atoms with van der Waals surface area (Å²) >= 11 is 12.2. The summed E-state index contributed by atoms with van der Waals surface area (Å²) in [5.41, 5.74) is 1.02. The molecule has 1 aromatic carbocycles. The smallest absolute Gasteiger partial charge is 0.215 e. The molecule has 0 unspecified atom stereocenters. The first-order valence-electron chi connectivity index (χ1n) is 10.3. The maximum Gasteiger partial charge on any atom is 0.215 e. The van der Waals surface area contributed by atoms with Crippen molar-refractivity contribution in [3.05, 3.63) is 70.2 Å². The normalized spacial score (nSPS) is 13.3. The molecule has 0 N–H and O–H groups in total. The lowest BCUT2D eigenvalue weighted by Crippen LogP contribution is -2.30. The maximum absolute atomic E-state index is 8.81. The number of benzene rings is 1. The van der Waals surface area contributed by atoms with Crippen molar-refractivity contribution in [1.29, 1.82) is 0 Å². The van der Waals surface area contributed by atoms with Gasteiger partial charge in [0.05, 0.1) is 0 Å². The van der Waals surface area contributed by atoms with Crippen LogP contribution in [0.15, 0.2) is 48.8 Å². The van der Waals surface area contributed by atoms with E-state index >= 15 is 0 Å². The van der Waals surface area contributed by atoms with Crippen molar-refractivity contribution in [2.45, 2.75) is 39.3 Å². The first kappa shape index (κ1) is 23.1. The number of carbonyl (C=O) groups is 1. The highest BCUT2D eigenvalue weighted by molar-refractivity contribution is 6.34. The Bertz CT molecular complexity index is 967. The molecule has 8 heteroatoms. The van der Waals surface area contributed by atoms with E-state index in [-0.39, 0.29) is 0 Å². The average Bonchev–Trinajstić information content (AvgIpc) is 3.20. The summed E-state index contributed by atoms with van der Waals surface area (Å²) in [6.45, 7) is 4.53. The molecule has 31 heavy (non-hydrogen) atoms. The molecule has 164 valence electrons. The van der Waals surface area contributed by atoms with Gasteiger partial charge in [-0.1, -0.05) is 29.3 Å². The van der Waals surface area contributed by atoms with Crippen LogP contribution < -0.4 is 9.64 Å². The van der Waals surface area contributed by atoms with E-state index in [9.17, 15) is 0 Å². The van der Waals surface area contributed by atoms with Crippen molar-refractivity contribution in [2.75, 3.05) is 18.0 Å². The summed E-state index contributed by atoms with van der Waals surface area (Å²) in [6, 6.07) is 11.5. The van der Waals surface area contributed by atoms with Crippen LogP contribution in [-0.4, -0.2) is 33.9 Å². The van der Waals surface area contributed by atoms with Gasteiger partial charge in [0.25, 0.3) is 0 Å². The van der Waals surface area contributed by atoms with E-state index in [2.05, 4.69) is 14.9 Å². The fourth-order valence-electron chi connectivity index (χ4n) is 3.45. The number of piperidine rings is 1. The molecule has 2 aromatic heterocycles. The first-order valence-corrected chi connectivity index (χ1v) is 11.0. The predicted molar refractivity (Wildman–Crippen MR) is 124 cm³/mol. The van der Waals surface area contributed by atoms with Crippen LogP contribution in [0.4, 0.5) is 5.82 Å². The van der Waals surface area contributed by atoms with Crippen LogP contribution in [-0.2, 0) is 17.9 Å². The molecule has 6 nitrogen and oxygen atoms in total. The minimum Gasteiger partial charge on any atom is -0.469 e. The van der Waals surface area contributed by atoms with Crippen molar-refractivity contribution in [3.8, 4) is 5.88 Å². The van der Waals surface area contributed by atoms with Crippen molar-refractivity contribution in [1.82, 2.24) is 14.5 Å². The molecule has 0 aliphatic carbocycles. The molecule has 3 heterocycles. The quantitative estimate of drug-likeness (QED) is 0.460. The van der Waals surface area contributed by atoms with Gasteiger partial charge in [-0.2, -0.15) is 4.98 Å². The van der Waals surface area contributed by atoms with Crippen molar-refractivity contribution in [2.24, 2.45) is 0 Å². The lowest BCUT2D eigenvalue weighted by Gasteiger charge is -2.27. The van der Waals surface area contributed by atoms with Crippen LogP contribution in [0.25, 0.3) is 0 Å². The number of hydrogen-bond acceptors (Lipinski definition) is 5. The molecular weight excluding hydrogens is 435 g/mol. The molecule has 0 radical (unpaired) electrons. The number of anilines is 1. The second-order valence-corrected chi connectivity index (χ2v) is 8.03. The zero-order valence-corrected chi connectivity index (χ0v) is 19.0. The molecule has 1 fully saturated rings. The number of imidazole rings is 1. The van der Waals surface area contributed by atoms with Crippen LogP contribution in [0.5, 0.6) is 5.88 Å². The number of nitrogens with zero attached hydrogens (tertiary/aromatic N) is 4. The lowest BCUT2D eigenvalue weighted by atomic mass is 10.1. The van der Waals surface area contributed by atoms with Crippen LogP contribution in [0.3, 0.4) is 0 Å². The Labute approximate surface area is 192 Å². The van der Waals surface area contributed by atoms with Crippen LogP contribution in [0, 0.1) is 0 Å². The number of aldehydes is 1. The van der Waals surface area contributed by atoms with E-state index in [1.807, 2.05) is 41.1 Å². The second-order valence-electron chi connectivity index (χ2n) is 7.16. The number of aromatic nitrogens is 3. The third-order valence-corrected chi connectivity index (χ3v) is 5.25. The Hall–Kier alpha value is -2.57. The minimum atomic E-state index is 0.345. The van der Waals surface area contributed by atoms with Gasteiger partial charge in [-0.3, -0.25) is 0 Å². The van der Waals surface area contributed by atoms with E-state index in [4.69, 9.17) is 32.7 Å². The Morgan fingerprint density at radius 3 is 2.52 bits per heavy atom. The summed E-state index contributed by atoms with van der Waals surface area (Å²) in [5.74, 6) is 2.42. The van der Waals surface area contributed by atoms with Gasteiger partial charge in [-0.15, -0.1) is 0 Å². The Balaban J connectivity index is 0.000000858.